The fraction of sp³-hybridized carbons (Fsp3) is 0.467. The lowest BCUT2D eigenvalue weighted by atomic mass is 9.83. The van der Waals surface area contributed by atoms with Crippen LogP contribution in [-0.4, -0.2) is 30.6 Å². The van der Waals surface area contributed by atoms with Crippen LogP contribution in [0.5, 0.6) is 5.75 Å². The molecule has 0 saturated heterocycles. The molecule has 1 aromatic carbocycles. The van der Waals surface area contributed by atoms with Gasteiger partial charge in [-0.15, -0.1) is 0 Å². The lowest BCUT2D eigenvalue weighted by Crippen LogP contribution is -2.24. The maximum atomic E-state index is 9.96. The minimum atomic E-state index is 0.407. The summed E-state index contributed by atoms with van der Waals surface area (Å²) in [6.07, 6.45) is 5.91. The van der Waals surface area contributed by atoms with Gasteiger partial charge in [-0.1, -0.05) is 24.3 Å². The molecule has 1 atom stereocenters. The second-order valence-electron chi connectivity index (χ2n) is 5.07. The zero-order chi connectivity index (χ0) is 12.3. The van der Waals surface area contributed by atoms with Crippen LogP contribution < -0.4 is 0 Å². The van der Waals surface area contributed by atoms with Gasteiger partial charge >= 0.3 is 0 Å². The van der Waals surface area contributed by atoms with Gasteiger partial charge < -0.3 is 10.0 Å². The number of hydrogen-bond donors (Lipinski definition) is 1. The van der Waals surface area contributed by atoms with E-state index in [9.17, 15) is 5.11 Å². The molecule has 0 spiro atoms. The maximum Gasteiger partial charge on any atom is 0.123 e. The molecule has 0 saturated carbocycles. The van der Waals surface area contributed by atoms with Gasteiger partial charge in [0.15, 0.2) is 0 Å². The normalized spacial score (nSPS) is 20.4. The van der Waals surface area contributed by atoms with Crippen LogP contribution in [0.1, 0.15) is 24.8 Å². The Morgan fingerprint density at radius 3 is 2.76 bits per heavy atom. The second-order valence-corrected chi connectivity index (χ2v) is 5.07. The fourth-order valence-electron chi connectivity index (χ4n) is 2.62. The molecule has 17 heavy (non-hydrogen) atoms. The Morgan fingerprint density at radius 1 is 1.29 bits per heavy atom. The molecule has 0 aromatic heterocycles. The van der Waals surface area contributed by atoms with Gasteiger partial charge in [-0.05, 0) is 50.9 Å². The number of hydrogen-bond acceptors (Lipinski definition) is 2. The summed E-state index contributed by atoms with van der Waals surface area (Å²) in [5.41, 5.74) is 2.34. The van der Waals surface area contributed by atoms with Gasteiger partial charge in [-0.2, -0.15) is 0 Å². The number of phenols is 1. The topological polar surface area (TPSA) is 23.5 Å². The van der Waals surface area contributed by atoms with Crippen LogP contribution in [-0.2, 0) is 0 Å². The van der Waals surface area contributed by atoms with Gasteiger partial charge in [0.05, 0.1) is 0 Å². The van der Waals surface area contributed by atoms with Crippen molar-refractivity contribution in [2.75, 3.05) is 20.6 Å². The average molecular weight is 231 g/mol. The number of nitrogens with zero attached hydrogens (tertiary/aromatic N) is 1. The predicted octanol–water partition coefficient (Wildman–Crippen LogP) is 3.14. The molecule has 0 bridgehead atoms. The third-order valence-electron chi connectivity index (χ3n) is 3.36. The minimum Gasteiger partial charge on any atom is -0.507 e. The first-order chi connectivity index (χ1) is 8.18. The van der Waals surface area contributed by atoms with E-state index in [4.69, 9.17) is 0 Å². The SMILES string of the molecule is CN(C)C[C@H]1CCCC=C1c1ccccc1O. The molecule has 0 fully saturated rings. The number of phenolic OH excluding ortho intramolecular Hbond substituents is 1. The number of para-hydroxylation sites is 1. The van der Waals surface area contributed by atoms with Gasteiger partial charge in [-0.3, -0.25) is 0 Å². The third kappa shape index (κ3) is 2.89. The van der Waals surface area contributed by atoms with E-state index < -0.39 is 0 Å². The van der Waals surface area contributed by atoms with Crippen LogP contribution in [0.4, 0.5) is 0 Å². The molecule has 92 valence electrons. The van der Waals surface area contributed by atoms with Crippen LogP contribution in [0.25, 0.3) is 5.57 Å². The van der Waals surface area contributed by atoms with E-state index in [1.807, 2.05) is 18.2 Å². The summed E-state index contributed by atoms with van der Waals surface area (Å²) in [5.74, 6) is 0.955. The summed E-state index contributed by atoms with van der Waals surface area (Å²) < 4.78 is 0. The van der Waals surface area contributed by atoms with Gasteiger partial charge in [0.25, 0.3) is 0 Å². The lowest BCUT2D eigenvalue weighted by Gasteiger charge is -2.27. The molecule has 1 N–H and O–H groups in total. The summed E-state index contributed by atoms with van der Waals surface area (Å²) in [6, 6.07) is 7.67. The number of benzene rings is 1. The van der Waals surface area contributed by atoms with Crippen molar-refractivity contribution in [1.29, 1.82) is 0 Å². The highest BCUT2D eigenvalue weighted by Gasteiger charge is 2.21. The summed E-state index contributed by atoms with van der Waals surface area (Å²) in [7, 11) is 4.22. The van der Waals surface area contributed by atoms with Crippen LogP contribution in [0.2, 0.25) is 0 Å². The van der Waals surface area contributed by atoms with E-state index >= 15 is 0 Å². The van der Waals surface area contributed by atoms with E-state index in [2.05, 4.69) is 25.1 Å². The van der Waals surface area contributed by atoms with Crippen LogP contribution >= 0.6 is 0 Å². The van der Waals surface area contributed by atoms with Crippen LogP contribution in [0.15, 0.2) is 30.3 Å². The molecule has 1 aromatic rings. The van der Waals surface area contributed by atoms with Gasteiger partial charge in [0, 0.05) is 12.1 Å². The molecular weight excluding hydrogens is 210 g/mol. The first-order valence-electron chi connectivity index (χ1n) is 6.31. The van der Waals surface area contributed by atoms with E-state index in [0.29, 0.717) is 11.7 Å². The maximum absolute atomic E-state index is 9.96. The highest BCUT2D eigenvalue weighted by Crippen LogP contribution is 2.36. The molecular formula is C15H21NO. The first-order valence-corrected chi connectivity index (χ1v) is 6.31. The second kappa shape index (κ2) is 5.37. The Hall–Kier alpha value is -1.28. The van der Waals surface area contributed by atoms with Crippen molar-refractivity contribution in [2.24, 2.45) is 5.92 Å². The molecule has 0 amide bonds. The van der Waals surface area contributed by atoms with Crippen molar-refractivity contribution in [3.63, 3.8) is 0 Å². The third-order valence-corrected chi connectivity index (χ3v) is 3.36. The molecule has 2 rings (SSSR count). The standard InChI is InChI=1S/C15H21NO/c1-16(2)11-12-7-3-4-8-13(12)14-9-5-6-10-15(14)17/h5-6,8-10,12,17H,3-4,7,11H2,1-2H3/t12-/m1/s1. The largest absolute Gasteiger partial charge is 0.507 e. The van der Waals surface area contributed by atoms with E-state index in [1.165, 1.54) is 18.4 Å². The zero-order valence-corrected chi connectivity index (χ0v) is 10.7. The Bertz CT molecular complexity index is 409. The van der Waals surface area contributed by atoms with Gasteiger partial charge in [0.1, 0.15) is 5.75 Å². The Kier molecular flexibility index (Phi) is 3.85. The molecule has 2 nitrogen and oxygen atoms in total. The monoisotopic (exact) mass is 231 g/mol. The van der Waals surface area contributed by atoms with Crippen molar-refractivity contribution in [3.05, 3.63) is 35.9 Å². The van der Waals surface area contributed by atoms with Crippen molar-refractivity contribution in [2.45, 2.75) is 19.3 Å². The lowest BCUT2D eigenvalue weighted by molar-refractivity contribution is 0.346. The van der Waals surface area contributed by atoms with Crippen molar-refractivity contribution in [3.8, 4) is 5.75 Å². The van der Waals surface area contributed by atoms with E-state index in [1.54, 1.807) is 6.07 Å². The van der Waals surface area contributed by atoms with Crippen LogP contribution in [0, 0.1) is 5.92 Å². The predicted molar refractivity (Wildman–Crippen MR) is 72.0 cm³/mol. The van der Waals surface area contributed by atoms with E-state index in [0.717, 1.165) is 18.5 Å². The fourth-order valence-corrected chi connectivity index (χ4v) is 2.62. The molecule has 0 heterocycles. The highest BCUT2D eigenvalue weighted by molar-refractivity contribution is 5.72. The summed E-state index contributed by atoms with van der Waals surface area (Å²) in [6.45, 7) is 1.06. The summed E-state index contributed by atoms with van der Waals surface area (Å²) in [5, 5.41) is 9.96. The zero-order valence-electron chi connectivity index (χ0n) is 10.7. The quantitative estimate of drug-likeness (QED) is 0.864. The Balaban J connectivity index is 2.28. The Morgan fingerprint density at radius 2 is 2.06 bits per heavy atom. The van der Waals surface area contributed by atoms with Gasteiger partial charge in [0.2, 0.25) is 0 Å². The number of allylic oxidation sites excluding steroid dienone is 1. The minimum absolute atomic E-state index is 0.407. The molecule has 2 heteroatoms. The number of rotatable bonds is 3. The van der Waals surface area contributed by atoms with Crippen molar-refractivity contribution >= 4 is 5.57 Å². The van der Waals surface area contributed by atoms with Crippen LogP contribution in [0.3, 0.4) is 0 Å². The van der Waals surface area contributed by atoms with Crippen molar-refractivity contribution < 1.29 is 5.11 Å². The average Bonchev–Trinajstić information content (AvgIpc) is 2.30. The molecule has 1 aliphatic rings. The number of aromatic hydroxyl groups is 1. The highest BCUT2D eigenvalue weighted by atomic mass is 16.3. The summed E-state index contributed by atoms with van der Waals surface area (Å²) >= 11 is 0. The van der Waals surface area contributed by atoms with Gasteiger partial charge in [-0.25, -0.2) is 0 Å². The molecule has 0 unspecified atom stereocenters. The first kappa shape index (κ1) is 12.2. The Labute approximate surface area is 104 Å². The summed E-state index contributed by atoms with van der Waals surface area (Å²) in [4.78, 5) is 2.23. The molecule has 1 aliphatic carbocycles. The molecule has 0 radical (unpaired) electrons. The molecule has 0 aliphatic heterocycles. The van der Waals surface area contributed by atoms with E-state index in [-0.39, 0.29) is 0 Å². The smallest absolute Gasteiger partial charge is 0.123 e. The van der Waals surface area contributed by atoms with Crippen molar-refractivity contribution in [1.82, 2.24) is 4.90 Å².